The van der Waals surface area contributed by atoms with Gasteiger partial charge in [0, 0.05) is 19.1 Å². The Hall–Kier alpha value is -1.02. The fraction of sp³-hybridized carbons (Fsp3) is 0.632. The van der Waals surface area contributed by atoms with Crippen molar-refractivity contribution in [2.45, 2.75) is 45.8 Å². The van der Waals surface area contributed by atoms with Gasteiger partial charge in [0.25, 0.3) is 0 Å². The molecule has 0 amide bonds. The third kappa shape index (κ3) is 7.81. The second-order valence-corrected chi connectivity index (χ2v) is 6.62. The third-order valence-electron chi connectivity index (χ3n) is 4.35. The maximum Gasteiger partial charge on any atom is 0.191 e. The molecule has 1 aromatic rings. The Labute approximate surface area is 169 Å². The molecule has 5 nitrogen and oxygen atoms in total. The normalized spacial score (nSPS) is 19.2. The summed E-state index contributed by atoms with van der Waals surface area (Å²) >= 11 is 0. The molecule has 0 radical (unpaired) electrons. The van der Waals surface area contributed by atoms with E-state index in [0.29, 0.717) is 12.6 Å². The van der Waals surface area contributed by atoms with E-state index in [-0.39, 0.29) is 30.1 Å². The van der Waals surface area contributed by atoms with Gasteiger partial charge in [0.2, 0.25) is 0 Å². The summed E-state index contributed by atoms with van der Waals surface area (Å²) in [6.07, 6.45) is 2.59. The lowest BCUT2D eigenvalue weighted by molar-refractivity contribution is 0.230. The number of nitrogens with one attached hydrogen (secondary N) is 2. The molecule has 1 saturated heterocycles. The largest absolute Gasteiger partial charge is 0.489 e. The maximum atomic E-state index is 5.95. The first-order valence-corrected chi connectivity index (χ1v) is 9.04. The number of nitrogens with zero attached hydrogens (tertiary/aromatic N) is 2. The highest BCUT2D eigenvalue weighted by Crippen LogP contribution is 2.14. The Morgan fingerprint density at radius 2 is 2.20 bits per heavy atom. The van der Waals surface area contributed by atoms with Crippen LogP contribution in [0.5, 0.6) is 5.75 Å². The van der Waals surface area contributed by atoms with Crippen molar-refractivity contribution in [3.63, 3.8) is 0 Å². The van der Waals surface area contributed by atoms with Gasteiger partial charge in [-0.2, -0.15) is 0 Å². The minimum absolute atomic E-state index is 0. The average molecular weight is 460 g/mol. The summed E-state index contributed by atoms with van der Waals surface area (Å²) in [6, 6.07) is 8.74. The molecule has 1 aliphatic rings. The number of guanidine groups is 1. The van der Waals surface area contributed by atoms with Crippen LogP contribution in [0.25, 0.3) is 0 Å². The van der Waals surface area contributed by atoms with Gasteiger partial charge in [-0.1, -0.05) is 12.1 Å². The van der Waals surface area contributed by atoms with Crippen molar-refractivity contribution < 1.29 is 4.74 Å². The van der Waals surface area contributed by atoms with Crippen LogP contribution in [0.4, 0.5) is 0 Å². The molecule has 0 spiro atoms. The van der Waals surface area contributed by atoms with E-state index in [0.717, 1.165) is 24.8 Å². The van der Waals surface area contributed by atoms with Gasteiger partial charge >= 0.3 is 0 Å². The molecule has 1 heterocycles. The molecule has 1 fully saturated rings. The van der Waals surface area contributed by atoms with Crippen molar-refractivity contribution in [3.8, 4) is 5.75 Å². The molecular weight excluding hydrogens is 427 g/mol. The zero-order valence-electron chi connectivity index (χ0n) is 15.9. The minimum atomic E-state index is 0. The van der Waals surface area contributed by atoms with Crippen LogP contribution in [0.3, 0.4) is 0 Å². The molecule has 2 atom stereocenters. The molecule has 2 unspecified atom stereocenters. The molecule has 1 aromatic carbocycles. The number of benzene rings is 1. The summed E-state index contributed by atoms with van der Waals surface area (Å²) in [6.45, 7) is 9.84. The second kappa shape index (κ2) is 11.6. The van der Waals surface area contributed by atoms with Crippen LogP contribution < -0.4 is 15.4 Å². The average Bonchev–Trinajstić information content (AvgIpc) is 2.95. The van der Waals surface area contributed by atoms with E-state index in [2.05, 4.69) is 60.5 Å². The van der Waals surface area contributed by atoms with E-state index in [9.17, 15) is 0 Å². The van der Waals surface area contributed by atoms with Crippen LogP contribution in [0.1, 0.15) is 32.3 Å². The molecular formula is C19H33IN4O. The van der Waals surface area contributed by atoms with Gasteiger partial charge in [0.1, 0.15) is 11.9 Å². The molecule has 142 valence electrons. The fourth-order valence-corrected chi connectivity index (χ4v) is 2.97. The third-order valence-corrected chi connectivity index (χ3v) is 4.35. The highest BCUT2D eigenvalue weighted by molar-refractivity contribution is 14.0. The van der Waals surface area contributed by atoms with Crippen LogP contribution in [-0.2, 0) is 0 Å². The first-order valence-electron chi connectivity index (χ1n) is 9.04. The first kappa shape index (κ1) is 22.0. The summed E-state index contributed by atoms with van der Waals surface area (Å²) in [4.78, 5) is 7.09. The SMILES string of the molecule is CCNC(=NCC(C)Oc1cccc(C)c1)NCC1CCCN1C.I. The van der Waals surface area contributed by atoms with Crippen molar-refractivity contribution in [1.29, 1.82) is 0 Å². The van der Waals surface area contributed by atoms with E-state index < -0.39 is 0 Å². The van der Waals surface area contributed by atoms with Gasteiger partial charge in [0.05, 0.1) is 6.54 Å². The van der Waals surface area contributed by atoms with Crippen LogP contribution >= 0.6 is 24.0 Å². The zero-order chi connectivity index (χ0) is 17.4. The predicted octanol–water partition coefficient (Wildman–Crippen LogP) is 3.03. The Balaban J connectivity index is 0.00000312. The number of hydrogen-bond acceptors (Lipinski definition) is 3. The van der Waals surface area contributed by atoms with Gasteiger partial charge < -0.3 is 20.3 Å². The number of hydrogen-bond donors (Lipinski definition) is 2. The van der Waals surface area contributed by atoms with Crippen molar-refractivity contribution >= 4 is 29.9 Å². The second-order valence-electron chi connectivity index (χ2n) is 6.62. The lowest BCUT2D eigenvalue weighted by atomic mass is 10.2. The number of ether oxygens (including phenoxy) is 1. The molecule has 6 heteroatoms. The van der Waals surface area contributed by atoms with Crippen molar-refractivity contribution in [2.24, 2.45) is 4.99 Å². The molecule has 0 aromatic heterocycles. The van der Waals surface area contributed by atoms with Gasteiger partial charge in [-0.15, -0.1) is 24.0 Å². The standard InChI is InChI=1S/C19H32N4O.HI/c1-5-20-19(22-14-17-9-7-11-23(17)4)21-13-16(3)24-18-10-6-8-15(2)12-18;/h6,8,10,12,16-17H,5,7,9,11,13-14H2,1-4H3,(H2,20,21,22);1H. The molecule has 2 rings (SSSR count). The zero-order valence-corrected chi connectivity index (χ0v) is 18.2. The van der Waals surface area contributed by atoms with E-state index in [1.54, 1.807) is 0 Å². The number of rotatable bonds is 7. The van der Waals surface area contributed by atoms with Crippen LogP contribution in [0.2, 0.25) is 0 Å². The summed E-state index contributed by atoms with van der Waals surface area (Å²) in [5.74, 6) is 1.78. The number of likely N-dealkylation sites (N-methyl/N-ethyl adjacent to an activating group) is 1. The summed E-state index contributed by atoms with van der Waals surface area (Å²) in [5, 5.41) is 6.78. The number of aliphatic imine (C=N–C) groups is 1. The van der Waals surface area contributed by atoms with Gasteiger partial charge in [-0.05, 0) is 64.9 Å². The topological polar surface area (TPSA) is 48.9 Å². The Kier molecular flexibility index (Phi) is 10.2. The minimum Gasteiger partial charge on any atom is -0.489 e. The molecule has 0 aliphatic carbocycles. The van der Waals surface area contributed by atoms with Crippen LogP contribution in [0.15, 0.2) is 29.3 Å². The highest BCUT2D eigenvalue weighted by atomic mass is 127. The van der Waals surface area contributed by atoms with Gasteiger partial charge in [-0.25, -0.2) is 4.99 Å². The highest BCUT2D eigenvalue weighted by Gasteiger charge is 2.20. The van der Waals surface area contributed by atoms with Crippen LogP contribution in [0, 0.1) is 6.92 Å². The van der Waals surface area contributed by atoms with E-state index in [4.69, 9.17) is 4.74 Å². The van der Waals surface area contributed by atoms with E-state index >= 15 is 0 Å². The Bertz CT molecular complexity index is 538. The first-order chi connectivity index (χ1) is 11.6. The Morgan fingerprint density at radius 1 is 1.40 bits per heavy atom. The van der Waals surface area contributed by atoms with Crippen molar-refractivity contribution in [2.75, 3.05) is 33.2 Å². The summed E-state index contributed by atoms with van der Waals surface area (Å²) in [5.41, 5.74) is 1.21. The summed E-state index contributed by atoms with van der Waals surface area (Å²) < 4.78 is 5.95. The number of likely N-dealkylation sites (tertiary alicyclic amines) is 1. The van der Waals surface area contributed by atoms with Crippen LogP contribution in [-0.4, -0.2) is 56.2 Å². The number of halogens is 1. The molecule has 0 bridgehead atoms. The molecule has 2 N–H and O–H groups in total. The smallest absolute Gasteiger partial charge is 0.191 e. The fourth-order valence-electron chi connectivity index (χ4n) is 2.97. The Morgan fingerprint density at radius 3 is 2.84 bits per heavy atom. The lowest BCUT2D eigenvalue weighted by Gasteiger charge is -2.21. The lowest BCUT2D eigenvalue weighted by Crippen LogP contribution is -2.44. The summed E-state index contributed by atoms with van der Waals surface area (Å²) in [7, 11) is 2.20. The van der Waals surface area contributed by atoms with Crippen molar-refractivity contribution in [3.05, 3.63) is 29.8 Å². The monoisotopic (exact) mass is 460 g/mol. The quantitative estimate of drug-likeness (QED) is 0.373. The maximum absolute atomic E-state index is 5.95. The molecule has 1 aliphatic heterocycles. The van der Waals surface area contributed by atoms with E-state index in [1.165, 1.54) is 24.9 Å². The predicted molar refractivity (Wildman–Crippen MR) is 116 cm³/mol. The van der Waals surface area contributed by atoms with Gasteiger partial charge in [0.15, 0.2) is 5.96 Å². The number of aryl methyl sites for hydroxylation is 1. The molecule has 0 saturated carbocycles. The van der Waals surface area contributed by atoms with Crippen molar-refractivity contribution in [1.82, 2.24) is 15.5 Å². The van der Waals surface area contributed by atoms with E-state index in [1.807, 2.05) is 12.1 Å². The molecule has 25 heavy (non-hydrogen) atoms. The van der Waals surface area contributed by atoms with Gasteiger partial charge in [-0.3, -0.25) is 0 Å².